The van der Waals surface area contributed by atoms with E-state index in [2.05, 4.69) is 26.1 Å². The molecule has 1 rings (SSSR count). The maximum Gasteiger partial charge on any atom is 0.331 e. The number of carbonyl (C=O) groups excluding carboxylic acids is 3. The third-order valence-electron chi connectivity index (χ3n) is 3.02. The summed E-state index contributed by atoms with van der Waals surface area (Å²) in [5, 5.41) is 2.19. The molecule has 0 spiro atoms. The summed E-state index contributed by atoms with van der Waals surface area (Å²) < 4.78 is 4.74. The molecule has 5 heteroatoms. The molecule has 0 aliphatic carbocycles. The molecule has 0 aliphatic heterocycles. The van der Waals surface area contributed by atoms with E-state index < -0.39 is 24.4 Å². The van der Waals surface area contributed by atoms with Gasteiger partial charge in [0.2, 0.25) is 0 Å². The summed E-state index contributed by atoms with van der Waals surface area (Å²) in [6.07, 6.45) is 1.28. The highest BCUT2D eigenvalue weighted by molar-refractivity contribution is 6.05. The van der Waals surface area contributed by atoms with Crippen LogP contribution in [0, 0.1) is 0 Å². The van der Waals surface area contributed by atoms with Gasteiger partial charge in [-0.05, 0) is 37.0 Å². The molecule has 0 bridgehead atoms. The molecule has 23 heavy (non-hydrogen) atoms. The lowest BCUT2D eigenvalue weighted by molar-refractivity contribution is -0.143. The lowest BCUT2D eigenvalue weighted by Gasteiger charge is -2.18. The quantitative estimate of drug-likeness (QED) is 0.684. The summed E-state index contributed by atoms with van der Waals surface area (Å²) in [7, 11) is 0. The van der Waals surface area contributed by atoms with Gasteiger partial charge in [0.1, 0.15) is 0 Å². The fourth-order valence-electron chi connectivity index (χ4n) is 1.77. The van der Waals surface area contributed by atoms with Gasteiger partial charge < -0.3 is 4.74 Å². The molecule has 2 amide bonds. The maximum absolute atomic E-state index is 12.0. The molecule has 0 unspecified atom stereocenters. The lowest BCUT2D eigenvalue weighted by atomic mass is 9.87. The number of rotatable bonds is 4. The zero-order chi connectivity index (χ0) is 17.6. The first-order chi connectivity index (χ1) is 10.6. The average molecular weight is 317 g/mol. The summed E-state index contributed by atoms with van der Waals surface area (Å²) in [4.78, 5) is 34.8. The average Bonchev–Trinajstić information content (AvgIpc) is 2.43. The van der Waals surface area contributed by atoms with Crippen molar-refractivity contribution in [3.63, 3.8) is 0 Å². The molecular weight excluding hydrogens is 294 g/mol. The van der Waals surface area contributed by atoms with Crippen molar-refractivity contribution in [2.75, 3.05) is 6.61 Å². The summed E-state index contributed by atoms with van der Waals surface area (Å²) in [6, 6.07) is 7.04. The molecule has 0 aliphatic rings. The van der Waals surface area contributed by atoms with Crippen LogP contribution in [0.5, 0.6) is 0 Å². The molecule has 5 nitrogen and oxygen atoms in total. The molecule has 124 valence electrons. The highest BCUT2D eigenvalue weighted by Crippen LogP contribution is 2.22. The van der Waals surface area contributed by atoms with Gasteiger partial charge in [0.15, 0.2) is 6.61 Å². The van der Waals surface area contributed by atoms with Crippen molar-refractivity contribution in [2.45, 2.75) is 40.0 Å². The molecule has 1 N–H and O–H groups in total. The SMILES string of the molecule is CC(C)=CC(=O)OCC(=O)NC(=O)c1ccc(C(C)(C)C)cc1. The van der Waals surface area contributed by atoms with Crippen molar-refractivity contribution in [3.05, 3.63) is 47.0 Å². The minimum absolute atomic E-state index is 0.00997. The second-order valence-electron chi connectivity index (χ2n) is 6.53. The van der Waals surface area contributed by atoms with E-state index in [1.807, 2.05) is 12.1 Å². The minimum Gasteiger partial charge on any atom is -0.452 e. The Morgan fingerprint density at radius 2 is 1.65 bits per heavy atom. The third-order valence-corrected chi connectivity index (χ3v) is 3.02. The molecule has 0 aromatic heterocycles. The van der Waals surface area contributed by atoms with E-state index in [1.54, 1.807) is 26.0 Å². The van der Waals surface area contributed by atoms with Gasteiger partial charge in [0.25, 0.3) is 11.8 Å². The second-order valence-corrected chi connectivity index (χ2v) is 6.53. The zero-order valence-corrected chi connectivity index (χ0v) is 14.2. The first-order valence-corrected chi connectivity index (χ1v) is 7.36. The van der Waals surface area contributed by atoms with E-state index in [9.17, 15) is 14.4 Å². The Hall–Kier alpha value is -2.43. The fourth-order valence-corrected chi connectivity index (χ4v) is 1.77. The van der Waals surface area contributed by atoms with Crippen LogP contribution in [0.3, 0.4) is 0 Å². The Kier molecular flexibility index (Phi) is 6.25. The van der Waals surface area contributed by atoms with Crippen molar-refractivity contribution in [3.8, 4) is 0 Å². The Labute approximate surface area is 136 Å². The van der Waals surface area contributed by atoms with Crippen LogP contribution in [0.2, 0.25) is 0 Å². The Morgan fingerprint density at radius 3 is 2.13 bits per heavy atom. The van der Waals surface area contributed by atoms with Crippen LogP contribution in [0.15, 0.2) is 35.9 Å². The van der Waals surface area contributed by atoms with Gasteiger partial charge >= 0.3 is 5.97 Å². The highest BCUT2D eigenvalue weighted by Gasteiger charge is 2.15. The fraction of sp³-hybridized carbons (Fsp3) is 0.389. The number of imide groups is 1. The van der Waals surface area contributed by atoms with E-state index in [1.165, 1.54) is 6.08 Å². The topological polar surface area (TPSA) is 72.5 Å². The van der Waals surface area contributed by atoms with Gasteiger partial charge in [-0.25, -0.2) is 4.79 Å². The smallest absolute Gasteiger partial charge is 0.331 e. The number of allylic oxidation sites excluding steroid dienone is 1. The number of benzene rings is 1. The summed E-state index contributed by atoms with van der Waals surface area (Å²) in [5.74, 6) is -1.79. The number of carbonyl (C=O) groups is 3. The van der Waals surface area contributed by atoms with E-state index in [0.717, 1.165) is 11.1 Å². The predicted octanol–water partition coefficient (Wildman–Crippen LogP) is 2.75. The Bertz CT molecular complexity index is 617. The second kappa shape index (κ2) is 7.72. The van der Waals surface area contributed by atoms with Crippen LogP contribution in [-0.2, 0) is 19.7 Å². The molecular formula is C18H23NO4. The van der Waals surface area contributed by atoms with Gasteiger partial charge in [0.05, 0.1) is 0 Å². The van der Waals surface area contributed by atoms with Crippen molar-refractivity contribution < 1.29 is 19.1 Å². The Morgan fingerprint density at radius 1 is 1.09 bits per heavy atom. The van der Waals surface area contributed by atoms with E-state index >= 15 is 0 Å². The molecule has 0 saturated carbocycles. The van der Waals surface area contributed by atoms with Crippen LogP contribution in [-0.4, -0.2) is 24.4 Å². The molecule has 1 aromatic rings. The van der Waals surface area contributed by atoms with E-state index in [4.69, 9.17) is 4.74 Å². The number of amides is 2. The van der Waals surface area contributed by atoms with Crippen molar-refractivity contribution in [2.24, 2.45) is 0 Å². The Balaban J connectivity index is 2.57. The molecule has 0 atom stereocenters. The molecule has 1 aromatic carbocycles. The highest BCUT2D eigenvalue weighted by atomic mass is 16.5. The van der Waals surface area contributed by atoms with E-state index in [0.29, 0.717) is 5.56 Å². The summed E-state index contributed by atoms with van der Waals surface area (Å²) in [5.41, 5.74) is 2.23. The molecule has 0 saturated heterocycles. The number of hydrogen-bond acceptors (Lipinski definition) is 4. The molecule has 0 radical (unpaired) electrons. The van der Waals surface area contributed by atoms with Crippen molar-refractivity contribution >= 4 is 17.8 Å². The first kappa shape index (κ1) is 18.6. The first-order valence-electron chi connectivity index (χ1n) is 7.36. The zero-order valence-electron chi connectivity index (χ0n) is 14.2. The van der Waals surface area contributed by atoms with Crippen LogP contribution in [0.25, 0.3) is 0 Å². The van der Waals surface area contributed by atoms with Gasteiger partial charge in [-0.2, -0.15) is 0 Å². The largest absolute Gasteiger partial charge is 0.452 e. The third kappa shape index (κ3) is 6.46. The normalized spacial score (nSPS) is 10.7. The predicted molar refractivity (Wildman–Crippen MR) is 88.0 cm³/mol. The van der Waals surface area contributed by atoms with E-state index in [-0.39, 0.29) is 5.41 Å². The van der Waals surface area contributed by atoms with Gasteiger partial charge in [-0.3, -0.25) is 14.9 Å². The number of nitrogens with one attached hydrogen (secondary N) is 1. The molecule has 0 heterocycles. The standard InChI is InChI=1S/C18H23NO4/c1-12(2)10-16(21)23-11-15(20)19-17(22)13-6-8-14(9-7-13)18(3,4)5/h6-10H,11H2,1-5H3,(H,19,20,22). The summed E-state index contributed by atoms with van der Waals surface area (Å²) in [6.45, 7) is 9.22. The number of esters is 1. The van der Waals surface area contributed by atoms with Gasteiger partial charge in [-0.15, -0.1) is 0 Å². The van der Waals surface area contributed by atoms with Crippen LogP contribution < -0.4 is 5.32 Å². The monoisotopic (exact) mass is 317 g/mol. The lowest BCUT2D eigenvalue weighted by Crippen LogP contribution is -2.34. The van der Waals surface area contributed by atoms with Crippen LogP contribution in [0.4, 0.5) is 0 Å². The van der Waals surface area contributed by atoms with Crippen LogP contribution in [0.1, 0.15) is 50.5 Å². The number of ether oxygens (including phenoxy) is 1. The maximum atomic E-state index is 12.0. The summed E-state index contributed by atoms with van der Waals surface area (Å²) >= 11 is 0. The minimum atomic E-state index is -0.662. The van der Waals surface area contributed by atoms with Crippen molar-refractivity contribution in [1.29, 1.82) is 0 Å². The van der Waals surface area contributed by atoms with Gasteiger partial charge in [0, 0.05) is 11.6 Å². The number of hydrogen-bond donors (Lipinski definition) is 1. The van der Waals surface area contributed by atoms with Crippen molar-refractivity contribution in [1.82, 2.24) is 5.32 Å². The van der Waals surface area contributed by atoms with Gasteiger partial charge in [-0.1, -0.05) is 38.5 Å². The van der Waals surface area contributed by atoms with Crippen LogP contribution >= 0.6 is 0 Å². The molecule has 0 fully saturated rings.